The van der Waals surface area contributed by atoms with Gasteiger partial charge in [0.2, 0.25) is 5.91 Å². The molecule has 3 aromatic carbocycles. The van der Waals surface area contributed by atoms with Crippen molar-refractivity contribution in [2.75, 3.05) is 10.0 Å². The standard InChI is InChI=1S/C22H18FN3O3S2/c23-17-9-6-16(7-10-17)8-15-21(27)25-22(30)24-18-11-13-20(14-12-18)31(28,29)26-19-4-2-1-3-5-19/h1-15,26H,(H2,24,25,27,30)/b15-8+. The van der Waals surface area contributed by atoms with Gasteiger partial charge in [0, 0.05) is 17.5 Å². The summed E-state index contributed by atoms with van der Waals surface area (Å²) in [6, 6.07) is 20.1. The third kappa shape index (κ3) is 6.73. The van der Waals surface area contributed by atoms with Crippen molar-refractivity contribution in [2.45, 2.75) is 4.90 Å². The monoisotopic (exact) mass is 455 g/mol. The average molecular weight is 456 g/mol. The summed E-state index contributed by atoms with van der Waals surface area (Å²) in [6.45, 7) is 0. The van der Waals surface area contributed by atoms with Crippen LogP contribution < -0.4 is 15.4 Å². The summed E-state index contributed by atoms with van der Waals surface area (Å²) in [7, 11) is -3.73. The van der Waals surface area contributed by atoms with Crippen LogP contribution in [0.2, 0.25) is 0 Å². The summed E-state index contributed by atoms with van der Waals surface area (Å²) in [6.07, 6.45) is 2.79. The van der Waals surface area contributed by atoms with Gasteiger partial charge in [0.1, 0.15) is 5.82 Å². The minimum Gasteiger partial charge on any atom is -0.332 e. The second-order valence-electron chi connectivity index (χ2n) is 6.32. The minimum atomic E-state index is -3.73. The first-order chi connectivity index (χ1) is 14.8. The molecule has 0 aliphatic rings. The molecule has 3 rings (SSSR count). The van der Waals surface area contributed by atoms with E-state index in [4.69, 9.17) is 12.2 Å². The first kappa shape index (κ1) is 22.1. The third-order valence-electron chi connectivity index (χ3n) is 3.98. The van der Waals surface area contributed by atoms with E-state index in [1.807, 2.05) is 0 Å². The molecule has 0 heterocycles. The number of halogens is 1. The maximum atomic E-state index is 12.9. The molecule has 0 aliphatic heterocycles. The van der Waals surface area contributed by atoms with E-state index in [2.05, 4.69) is 15.4 Å². The maximum absolute atomic E-state index is 12.9. The Balaban J connectivity index is 1.55. The van der Waals surface area contributed by atoms with Gasteiger partial charge in [-0.2, -0.15) is 0 Å². The van der Waals surface area contributed by atoms with Gasteiger partial charge in [0.25, 0.3) is 10.0 Å². The van der Waals surface area contributed by atoms with Crippen molar-refractivity contribution in [1.29, 1.82) is 0 Å². The number of para-hydroxylation sites is 1. The Morgan fingerprint density at radius 1 is 0.871 bits per heavy atom. The fourth-order valence-corrected chi connectivity index (χ4v) is 3.78. The second kappa shape index (κ2) is 9.96. The molecule has 0 saturated heterocycles. The van der Waals surface area contributed by atoms with Crippen molar-refractivity contribution in [1.82, 2.24) is 5.32 Å². The number of amides is 1. The van der Waals surface area contributed by atoms with E-state index in [0.717, 1.165) is 0 Å². The van der Waals surface area contributed by atoms with Gasteiger partial charge in [-0.25, -0.2) is 12.8 Å². The molecular weight excluding hydrogens is 437 g/mol. The highest BCUT2D eigenvalue weighted by atomic mass is 32.2. The van der Waals surface area contributed by atoms with Gasteiger partial charge in [0.05, 0.1) is 4.90 Å². The Hall–Kier alpha value is -3.56. The molecule has 0 aliphatic carbocycles. The lowest BCUT2D eigenvalue weighted by atomic mass is 10.2. The summed E-state index contributed by atoms with van der Waals surface area (Å²) < 4.78 is 40.3. The summed E-state index contributed by atoms with van der Waals surface area (Å²) >= 11 is 5.10. The molecule has 9 heteroatoms. The summed E-state index contributed by atoms with van der Waals surface area (Å²) in [5.74, 6) is -0.824. The van der Waals surface area contributed by atoms with Crippen molar-refractivity contribution in [2.24, 2.45) is 0 Å². The van der Waals surface area contributed by atoms with E-state index in [1.165, 1.54) is 60.7 Å². The number of carbonyl (C=O) groups excluding carboxylic acids is 1. The van der Waals surface area contributed by atoms with Crippen LogP contribution in [-0.4, -0.2) is 19.4 Å². The molecule has 0 saturated carbocycles. The van der Waals surface area contributed by atoms with Gasteiger partial charge in [-0.15, -0.1) is 0 Å². The highest BCUT2D eigenvalue weighted by Crippen LogP contribution is 2.18. The number of hydrogen-bond donors (Lipinski definition) is 3. The molecule has 0 radical (unpaired) electrons. The lowest BCUT2D eigenvalue weighted by molar-refractivity contribution is -0.115. The first-order valence-electron chi connectivity index (χ1n) is 9.05. The molecule has 0 atom stereocenters. The summed E-state index contributed by atoms with van der Waals surface area (Å²) in [5, 5.41) is 5.33. The van der Waals surface area contributed by atoms with Crippen molar-refractivity contribution in [3.8, 4) is 0 Å². The molecule has 31 heavy (non-hydrogen) atoms. The highest BCUT2D eigenvalue weighted by Gasteiger charge is 2.14. The van der Waals surface area contributed by atoms with Gasteiger partial charge >= 0.3 is 0 Å². The number of nitrogens with one attached hydrogen (secondary N) is 3. The zero-order chi connectivity index (χ0) is 22.3. The maximum Gasteiger partial charge on any atom is 0.261 e. The molecule has 0 aromatic heterocycles. The first-order valence-corrected chi connectivity index (χ1v) is 10.9. The van der Waals surface area contributed by atoms with Crippen LogP contribution in [0.5, 0.6) is 0 Å². The van der Waals surface area contributed by atoms with E-state index in [0.29, 0.717) is 16.9 Å². The number of benzene rings is 3. The molecule has 6 nitrogen and oxygen atoms in total. The molecule has 3 N–H and O–H groups in total. The van der Waals surface area contributed by atoms with E-state index in [-0.39, 0.29) is 15.8 Å². The van der Waals surface area contributed by atoms with Crippen LogP contribution in [0.1, 0.15) is 5.56 Å². The van der Waals surface area contributed by atoms with Crippen LogP contribution in [-0.2, 0) is 14.8 Å². The van der Waals surface area contributed by atoms with Crippen molar-refractivity contribution in [3.05, 3.63) is 96.3 Å². The molecule has 0 bridgehead atoms. The van der Waals surface area contributed by atoms with Gasteiger partial charge in [-0.05, 0) is 72.4 Å². The van der Waals surface area contributed by atoms with Crippen LogP contribution >= 0.6 is 12.2 Å². The Bertz CT molecular complexity index is 1200. The zero-order valence-corrected chi connectivity index (χ0v) is 17.7. The molecule has 0 spiro atoms. The third-order valence-corrected chi connectivity index (χ3v) is 5.58. The van der Waals surface area contributed by atoms with Crippen molar-refractivity contribution in [3.63, 3.8) is 0 Å². The Kier molecular flexibility index (Phi) is 7.11. The number of anilines is 2. The summed E-state index contributed by atoms with van der Waals surface area (Å²) in [4.78, 5) is 12.0. The SMILES string of the molecule is O=C(/C=C/c1ccc(F)cc1)NC(=S)Nc1ccc(S(=O)(=O)Nc2ccccc2)cc1. The van der Waals surface area contributed by atoms with Crippen LogP contribution in [0.4, 0.5) is 15.8 Å². The van der Waals surface area contributed by atoms with Gasteiger partial charge in [-0.3, -0.25) is 14.8 Å². The van der Waals surface area contributed by atoms with Crippen molar-refractivity contribution >= 4 is 50.7 Å². The molecule has 3 aromatic rings. The average Bonchev–Trinajstić information content (AvgIpc) is 2.74. The number of rotatable bonds is 6. The van der Waals surface area contributed by atoms with Gasteiger partial charge in [0.15, 0.2) is 5.11 Å². The molecule has 0 unspecified atom stereocenters. The van der Waals surface area contributed by atoms with Crippen LogP contribution in [0, 0.1) is 5.82 Å². The van der Waals surface area contributed by atoms with Crippen LogP contribution in [0.25, 0.3) is 6.08 Å². The Morgan fingerprint density at radius 2 is 1.52 bits per heavy atom. The van der Waals surface area contributed by atoms with Crippen molar-refractivity contribution < 1.29 is 17.6 Å². The Morgan fingerprint density at radius 3 is 2.16 bits per heavy atom. The number of thiocarbonyl (C=S) groups is 1. The second-order valence-corrected chi connectivity index (χ2v) is 8.41. The number of hydrogen-bond acceptors (Lipinski definition) is 4. The topological polar surface area (TPSA) is 87.3 Å². The van der Waals surface area contributed by atoms with Gasteiger partial charge in [-0.1, -0.05) is 30.3 Å². The quantitative estimate of drug-likeness (QED) is 0.384. The smallest absolute Gasteiger partial charge is 0.261 e. The molecule has 1 amide bonds. The lowest BCUT2D eigenvalue weighted by Crippen LogP contribution is -2.32. The lowest BCUT2D eigenvalue weighted by Gasteiger charge is -2.10. The molecule has 158 valence electrons. The van der Waals surface area contributed by atoms with Crippen LogP contribution in [0.3, 0.4) is 0 Å². The zero-order valence-electron chi connectivity index (χ0n) is 16.1. The fraction of sp³-hybridized carbons (Fsp3) is 0. The van der Waals surface area contributed by atoms with E-state index < -0.39 is 15.9 Å². The predicted molar refractivity (Wildman–Crippen MR) is 123 cm³/mol. The van der Waals surface area contributed by atoms with Gasteiger partial charge < -0.3 is 5.32 Å². The number of carbonyl (C=O) groups is 1. The molecule has 0 fully saturated rings. The summed E-state index contributed by atoms with van der Waals surface area (Å²) in [5.41, 5.74) is 1.63. The normalized spacial score (nSPS) is 11.1. The Labute approximate surface area is 184 Å². The predicted octanol–water partition coefficient (Wildman–Crippen LogP) is 4.15. The fourth-order valence-electron chi connectivity index (χ4n) is 2.50. The number of sulfonamides is 1. The highest BCUT2D eigenvalue weighted by molar-refractivity contribution is 7.92. The van der Waals surface area contributed by atoms with E-state index in [1.54, 1.807) is 30.3 Å². The molecular formula is C22H18FN3O3S2. The van der Waals surface area contributed by atoms with E-state index >= 15 is 0 Å². The minimum absolute atomic E-state index is 0.0479. The largest absolute Gasteiger partial charge is 0.332 e. The van der Waals surface area contributed by atoms with E-state index in [9.17, 15) is 17.6 Å². The van der Waals surface area contributed by atoms with Crippen LogP contribution in [0.15, 0.2) is 89.8 Å².